The Bertz CT molecular complexity index is 798. The van der Waals surface area contributed by atoms with Gasteiger partial charge in [-0.2, -0.15) is 0 Å². The number of para-hydroxylation sites is 3. The molecule has 1 aliphatic heterocycles. The Kier molecular flexibility index (Phi) is 5.51. The molecule has 1 heterocycles. The van der Waals surface area contributed by atoms with Gasteiger partial charge < -0.3 is 10.2 Å². The summed E-state index contributed by atoms with van der Waals surface area (Å²) in [6, 6.07) is 14.6. The minimum absolute atomic E-state index is 0.0353. The lowest BCUT2D eigenvalue weighted by molar-refractivity contribution is -0.384. The lowest BCUT2D eigenvalue weighted by atomic mass is 9.95. The fraction of sp³-hybridized carbons (Fsp3) is 0.350. The van der Waals surface area contributed by atoms with Gasteiger partial charge in [0.1, 0.15) is 5.69 Å². The fourth-order valence-corrected chi connectivity index (χ4v) is 3.45. The lowest BCUT2D eigenvalue weighted by Crippen LogP contribution is -2.38. The maximum Gasteiger partial charge on any atom is 0.292 e. The van der Waals surface area contributed by atoms with Gasteiger partial charge in [0, 0.05) is 30.8 Å². The Morgan fingerprint density at radius 3 is 2.50 bits per heavy atom. The first-order chi connectivity index (χ1) is 12.6. The van der Waals surface area contributed by atoms with Gasteiger partial charge in [0.15, 0.2) is 0 Å². The van der Waals surface area contributed by atoms with Gasteiger partial charge in [-0.1, -0.05) is 37.3 Å². The van der Waals surface area contributed by atoms with E-state index in [4.69, 9.17) is 0 Å². The highest BCUT2D eigenvalue weighted by molar-refractivity contribution is 5.93. The third-order valence-electron chi connectivity index (χ3n) is 4.94. The zero-order valence-electron chi connectivity index (χ0n) is 14.9. The van der Waals surface area contributed by atoms with Crippen LogP contribution in [0, 0.1) is 16.0 Å². The zero-order chi connectivity index (χ0) is 18.5. The van der Waals surface area contributed by atoms with E-state index in [-0.39, 0.29) is 22.4 Å². The van der Waals surface area contributed by atoms with Gasteiger partial charge in [-0.05, 0) is 37.0 Å². The third-order valence-corrected chi connectivity index (χ3v) is 4.94. The van der Waals surface area contributed by atoms with Crippen LogP contribution in [0.3, 0.4) is 0 Å². The van der Waals surface area contributed by atoms with Crippen molar-refractivity contribution in [2.75, 3.05) is 23.3 Å². The monoisotopic (exact) mass is 353 g/mol. The average molecular weight is 353 g/mol. The molecule has 0 saturated carbocycles. The molecule has 1 aliphatic rings. The van der Waals surface area contributed by atoms with Crippen LogP contribution in [0.1, 0.15) is 25.3 Å². The van der Waals surface area contributed by atoms with Crippen LogP contribution >= 0.6 is 0 Å². The summed E-state index contributed by atoms with van der Waals surface area (Å²) in [5.74, 6) is -0.0351. The van der Waals surface area contributed by atoms with Crippen LogP contribution in [0.5, 0.6) is 0 Å². The van der Waals surface area contributed by atoms with E-state index >= 15 is 0 Å². The van der Waals surface area contributed by atoms with Crippen molar-refractivity contribution < 1.29 is 9.72 Å². The van der Waals surface area contributed by atoms with Gasteiger partial charge in [0.2, 0.25) is 5.91 Å². The maximum atomic E-state index is 12.6. The number of nitrogens with one attached hydrogen (secondary N) is 1. The molecule has 136 valence electrons. The molecule has 0 unspecified atom stereocenters. The Morgan fingerprint density at radius 2 is 1.81 bits per heavy atom. The van der Waals surface area contributed by atoms with E-state index < -0.39 is 0 Å². The van der Waals surface area contributed by atoms with Crippen molar-refractivity contribution in [1.82, 2.24) is 0 Å². The first-order valence-electron chi connectivity index (χ1n) is 8.97. The number of nitro benzene ring substituents is 1. The molecule has 3 rings (SSSR count). The molecule has 6 nitrogen and oxygen atoms in total. The minimum Gasteiger partial charge on any atom is -0.366 e. The summed E-state index contributed by atoms with van der Waals surface area (Å²) in [6.45, 7) is 3.34. The molecule has 1 fully saturated rings. The van der Waals surface area contributed by atoms with Crippen LogP contribution in [-0.4, -0.2) is 23.9 Å². The van der Waals surface area contributed by atoms with E-state index in [0.29, 0.717) is 31.6 Å². The molecule has 1 saturated heterocycles. The molecule has 0 aliphatic carbocycles. The van der Waals surface area contributed by atoms with Crippen molar-refractivity contribution >= 4 is 23.0 Å². The van der Waals surface area contributed by atoms with Crippen molar-refractivity contribution in [3.63, 3.8) is 0 Å². The van der Waals surface area contributed by atoms with E-state index in [1.807, 2.05) is 35.2 Å². The van der Waals surface area contributed by atoms with E-state index in [9.17, 15) is 14.9 Å². The van der Waals surface area contributed by atoms with Crippen molar-refractivity contribution in [3.8, 4) is 0 Å². The highest BCUT2D eigenvalue weighted by Gasteiger charge is 2.28. The van der Waals surface area contributed by atoms with E-state index in [2.05, 4.69) is 12.2 Å². The molecule has 0 bridgehead atoms. The molecular weight excluding hydrogens is 330 g/mol. The van der Waals surface area contributed by atoms with Gasteiger partial charge in [-0.15, -0.1) is 0 Å². The lowest BCUT2D eigenvalue weighted by Gasteiger charge is -2.32. The third kappa shape index (κ3) is 3.85. The predicted molar refractivity (Wildman–Crippen MR) is 102 cm³/mol. The average Bonchev–Trinajstić information content (AvgIpc) is 2.68. The Morgan fingerprint density at radius 1 is 1.15 bits per heavy atom. The first-order valence-corrected chi connectivity index (χ1v) is 8.97. The molecule has 1 N–H and O–H groups in total. The van der Waals surface area contributed by atoms with Crippen molar-refractivity contribution in [2.24, 2.45) is 5.92 Å². The normalized spacial score (nSPS) is 14.9. The molecule has 0 aromatic heterocycles. The SMILES string of the molecule is CCc1ccccc1NC(=O)C1CCN(c2ccccc2[N+](=O)[O-])CC1. The van der Waals surface area contributed by atoms with Gasteiger partial charge in [0.05, 0.1) is 4.92 Å². The van der Waals surface area contributed by atoms with Gasteiger partial charge in [-0.3, -0.25) is 14.9 Å². The highest BCUT2D eigenvalue weighted by Crippen LogP contribution is 2.31. The van der Waals surface area contributed by atoms with Crippen LogP contribution in [0.4, 0.5) is 17.1 Å². The summed E-state index contributed by atoms with van der Waals surface area (Å²) in [7, 11) is 0. The fourth-order valence-electron chi connectivity index (χ4n) is 3.45. The second-order valence-electron chi connectivity index (χ2n) is 6.51. The van der Waals surface area contributed by atoms with Gasteiger partial charge in [0.25, 0.3) is 5.69 Å². The highest BCUT2D eigenvalue weighted by atomic mass is 16.6. The molecule has 26 heavy (non-hydrogen) atoms. The van der Waals surface area contributed by atoms with Gasteiger partial charge >= 0.3 is 0 Å². The van der Waals surface area contributed by atoms with Crippen molar-refractivity contribution in [1.29, 1.82) is 0 Å². The molecule has 0 atom stereocenters. The smallest absolute Gasteiger partial charge is 0.292 e. The molecule has 6 heteroatoms. The Balaban J connectivity index is 1.64. The van der Waals surface area contributed by atoms with Crippen LogP contribution < -0.4 is 10.2 Å². The van der Waals surface area contributed by atoms with Crippen LogP contribution in [-0.2, 0) is 11.2 Å². The molecule has 0 spiro atoms. The van der Waals surface area contributed by atoms with Crippen molar-refractivity contribution in [2.45, 2.75) is 26.2 Å². The van der Waals surface area contributed by atoms with Crippen LogP contribution in [0.15, 0.2) is 48.5 Å². The predicted octanol–water partition coefficient (Wildman–Crippen LogP) is 4.01. The summed E-state index contributed by atoms with van der Waals surface area (Å²) in [5.41, 5.74) is 2.75. The number of hydrogen-bond donors (Lipinski definition) is 1. The quantitative estimate of drug-likeness (QED) is 0.651. The number of aryl methyl sites for hydroxylation is 1. The number of benzene rings is 2. The number of hydrogen-bond acceptors (Lipinski definition) is 4. The number of carbonyl (C=O) groups excluding carboxylic acids is 1. The van der Waals surface area contributed by atoms with Crippen LogP contribution in [0.25, 0.3) is 0 Å². The minimum atomic E-state index is -0.351. The number of rotatable bonds is 5. The van der Waals surface area contributed by atoms with E-state index in [1.165, 1.54) is 6.07 Å². The standard InChI is InChI=1S/C20H23N3O3/c1-2-15-7-3-4-8-17(15)21-20(24)16-11-13-22(14-12-16)18-9-5-6-10-19(18)23(25)26/h3-10,16H,2,11-14H2,1H3,(H,21,24). The number of nitro groups is 1. The second-order valence-corrected chi connectivity index (χ2v) is 6.51. The number of amides is 1. The molecule has 2 aromatic carbocycles. The summed E-state index contributed by atoms with van der Waals surface area (Å²) in [5, 5.41) is 14.3. The van der Waals surface area contributed by atoms with E-state index in [0.717, 1.165) is 17.7 Å². The maximum absolute atomic E-state index is 12.6. The summed E-state index contributed by atoms with van der Waals surface area (Å²) in [6.07, 6.45) is 2.24. The summed E-state index contributed by atoms with van der Waals surface area (Å²) < 4.78 is 0. The number of carbonyl (C=O) groups is 1. The Labute approximate surface area is 153 Å². The number of anilines is 2. The largest absolute Gasteiger partial charge is 0.366 e. The van der Waals surface area contributed by atoms with Gasteiger partial charge in [-0.25, -0.2) is 0 Å². The summed E-state index contributed by atoms with van der Waals surface area (Å²) in [4.78, 5) is 25.5. The van der Waals surface area contributed by atoms with E-state index in [1.54, 1.807) is 12.1 Å². The molecular formula is C20H23N3O3. The molecule has 1 amide bonds. The number of piperidine rings is 1. The second kappa shape index (κ2) is 7.99. The topological polar surface area (TPSA) is 75.5 Å². The van der Waals surface area contributed by atoms with Crippen molar-refractivity contribution in [3.05, 3.63) is 64.2 Å². The van der Waals surface area contributed by atoms with Crippen LogP contribution in [0.2, 0.25) is 0 Å². The molecule has 2 aromatic rings. The number of nitrogens with zero attached hydrogens (tertiary/aromatic N) is 2. The molecule has 0 radical (unpaired) electrons. The zero-order valence-corrected chi connectivity index (χ0v) is 14.9. The summed E-state index contributed by atoms with van der Waals surface area (Å²) >= 11 is 0. The first kappa shape index (κ1) is 17.9. The Hall–Kier alpha value is -2.89.